The van der Waals surface area contributed by atoms with E-state index in [9.17, 15) is 9.90 Å². The summed E-state index contributed by atoms with van der Waals surface area (Å²) in [6.07, 6.45) is 17.9. The molecule has 0 saturated carbocycles. The Morgan fingerprint density at radius 3 is 1.82 bits per heavy atom. The van der Waals surface area contributed by atoms with E-state index in [2.05, 4.69) is 59.8 Å². The van der Waals surface area contributed by atoms with Gasteiger partial charge >= 0.3 is 5.97 Å². The highest BCUT2D eigenvalue weighted by atomic mass is 28.4. The summed E-state index contributed by atoms with van der Waals surface area (Å²) in [6.45, 7) is 16.2. The quantitative estimate of drug-likeness (QED) is 0.0982. The van der Waals surface area contributed by atoms with Crippen LogP contribution in [0.4, 0.5) is 0 Å². The first-order valence-electron chi connectivity index (χ1n) is 16.6. The average molecular weight is 577 g/mol. The Morgan fingerprint density at radius 1 is 0.800 bits per heavy atom. The molecule has 0 aliphatic heterocycles. The van der Waals surface area contributed by atoms with E-state index < -0.39 is 20.2 Å². The molecule has 0 aliphatic carbocycles. The largest absolute Gasteiger partial charge is 0.481 e. The predicted molar refractivity (Wildman–Crippen MR) is 173 cm³/mol. The summed E-state index contributed by atoms with van der Waals surface area (Å²) in [5.41, 5.74) is 1.16. The molecule has 0 bridgehead atoms. The summed E-state index contributed by atoms with van der Waals surface area (Å²) < 4.78 is 13.5. The van der Waals surface area contributed by atoms with E-state index in [1.54, 1.807) is 0 Å². The minimum Gasteiger partial charge on any atom is -0.481 e. The molecule has 5 heteroatoms. The second kappa shape index (κ2) is 20.7. The number of benzene rings is 1. The van der Waals surface area contributed by atoms with E-state index in [1.807, 2.05) is 18.2 Å². The number of ether oxygens (including phenoxy) is 1. The lowest BCUT2D eigenvalue weighted by Crippen LogP contribution is -2.48. The molecule has 0 heterocycles. The number of unbranched alkanes of at least 4 members (excludes halogenated alkanes) is 11. The van der Waals surface area contributed by atoms with E-state index in [1.165, 1.54) is 51.4 Å². The van der Waals surface area contributed by atoms with Gasteiger partial charge in [0.05, 0.1) is 24.7 Å². The first-order valence-corrected chi connectivity index (χ1v) is 19.5. The average Bonchev–Trinajstić information content (AvgIpc) is 2.89. The van der Waals surface area contributed by atoms with E-state index >= 15 is 0 Å². The smallest absolute Gasteiger partial charge is 0.309 e. The monoisotopic (exact) mass is 576 g/mol. The van der Waals surface area contributed by atoms with Crippen LogP contribution in [0.2, 0.25) is 18.1 Å². The van der Waals surface area contributed by atoms with Gasteiger partial charge in [-0.15, -0.1) is 0 Å². The Labute approximate surface area is 249 Å². The summed E-state index contributed by atoms with van der Waals surface area (Å²) in [6, 6.07) is 10.3. The zero-order valence-corrected chi connectivity index (χ0v) is 28.3. The van der Waals surface area contributed by atoms with Crippen LogP contribution in [0.1, 0.15) is 143 Å². The van der Waals surface area contributed by atoms with Gasteiger partial charge in [-0.1, -0.05) is 148 Å². The highest BCUT2D eigenvalue weighted by Crippen LogP contribution is 2.39. The van der Waals surface area contributed by atoms with Crippen LogP contribution in [0.3, 0.4) is 0 Å². The molecule has 0 spiro atoms. The fraction of sp³-hybridized carbons (Fsp3) is 0.800. The number of carboxylic acid groups (broad SMARTS) is 1. The third-order valence-corrected chi connectivity index (χ3v) is 13.3. The number of carboxylic acids is 1. The van der Waals surface area contributed by atoms with Crippen LogP contribution in [-0.2, 0) is 20.6 Å². The molecule has 3 atom stereocenters. The number of rotatable bonds is 24. The van der Waals surface area contributed by atoms with Gasteiger partial charge in [0.1, 0.15) is 0 Å². The molecule has 0 saturated heterocycles. The molecule has 232 valence electrons. The molecule has 0 radical (unpaired) electrons. The third kappa shape index (κ3) is 15.7. The van der Waals surface area contributed by atoms with Crippen molar-refractivity contribution in [2.75, 3.05) is 0 Å². The number of hydrogen-bond acceptors (Lipinski definition) is 3. The molecule has 0 aliphatic rings. The predicted octanol–water partition coefficient (Wildman–Crippen LogP) is 10.9. The summed E-state index contributed by atoms with van der Waals surface area (Å²) in [5.74, 6) is -1.21. The van der Waals surface area contributed by atoms with E-state index in [0.717, 1.165) is 44.1 Å². The standard InChI is InChI=1S/C35H64O4Si/c1-8-10-12-14-15-16-17-18-22-26-31(38-29-30-24-20-19-21-25-30)28-33(39-40(6,7)35(3,4)5)32(34(36)37)27-23-13-11-9-2/h19-21,24-25,31-33H,8-18,22-23,26-29H2,1-7H3,(H,36,37)/t31-,32+,33+/m1/s1. The first kappa shape index (κ1) is 36.9. The Kier molecular flexibility index (Phi) is 19.0. The van der Waals surface area contributed by atoms with Gasteiger partial charge in [-0.25, -0.2) is 0 Å². The van der Waals surface area contributed by atoms with Crippen LogP contribution in [0.5, 0.6) is 0 Å². The highest BCUT2D eigenvalue weighted by Gasteiger charge is 2.42. The van der Waals surface area contributed by atoms with Crippen LogP contribution >= 0.6 is 0 Å². The number of aliphatic carboxylic acids is 1. The lowest BCUT2D eigenvalue weighted by molar-refractivity contribution is -0.146. The van der Waals surface area contributed by atoms with Crippen molar-refractivity contribution in [1.82, 2.24) is 0 Å². The molecule has 0 fully saturated rings. The molecule has 1 rings (SSSR count). The minimum absolute atomic E-state index is 0.00276. The Hall–Kier alpha value is -1.17. The van der Waals surface area contributed by atoms with Crippen molar-refractivity contribution in [3.05, 3.63) is 35.9 Å². The Balaban J connectivity index is 2.96. The fourth-order valence-corrected chi connectivity index (χ4v) is 6.48. The maximum Gasteiger partial charge on any atom is 0.309 e. The summed E-state index contributed by atoms with van der Waals surface area (Å²) >= 11 is 0. The minimum atomic E-state index is -2.17. The van der Waals surface area contributed by atoms with Crippen molar-refractivity contribution in [1.29, 1.82) is 0 Å². The second-order valence-corrected chi connectivity index (χ2v) is 18.2. The maximum absolute atomic E-state index is 12.6. The maximum atomic E-state index is 12.6. The molecule has 1 aromatic rings. The molecule has 40 heavy (non-hydrogen) atoms. The van der Waals surface area contributed by atoms with Gasteiger partial charge in [0, 0.05) is 0 Å². The van der Waals surface area contributed by atoms with Gasteiger partial charge in [0.2, 0.25) is 0 Å². The van der Waals surface area contributed by atoms with Gasteiger partial charge in [-0.3, -0.25) is 4.79 Å². The highest BCUT2D eigenvalue weighted by molar-refractivity contribution is 6.74. The van der Waals surface area contributed by atoms with Crippen molar-refractivity contribution in [3.63, 3.8) is 0 Å². The van der Waals surface area contributed by atoms with Crippen LogP contribution in [0, 0.1) is 5.92 Å². The lowest BCUT2D eigenvalue weighted by Gasteiger charge is -2.41. The third-order valence-electron chi connectivity index (χ3n) is 8.84. The van der Waals surface area contributed by atoms with Crippen LogP contribution < -0.4 is 0 Å². The molecule has 0 amide bonds. The van der Waals surface area contributed by atoms with Crippen LogP contribution in [-0.4, -0.2) is 31.6 Å². The van der Waals surface area contributed by atoms with Crippen molar-refractivity contribution < 1.29 is 19.1 Å². The number of hydrogen-bond donors (Lipinski definition) is 1. The van der Waals surface area contributed by atoms with Crippen molar-refractivity contribution in [3.8, 4) is 0 Å². The fourth-order valence-electron chi connectivity index (χ4n) is 5.11. The molecular weight excluding hydrogens is 512 g/mol. The van der Waals surface area contributed by atoms with Gasteiger partial charge in [0.25, 0.3) is 0 Å². The topological polar surface area (TPSA) is 55.8 Å². The van der Waals surface area contributed by atoms with Gasteiger partial charge in [-0.05, 0) is 43.0 Å². The van der Waals surface area contributed by atoms with E-state index in [-0.39, 0.29) is 17.2 Å². The molecule has 0 unspecified atom stereocenters. The van der Waals surface area contributed by atoms with Crippen molar-refractivity contribution >= 4 is 14.3 Å². The molecule has 4 nitrogen and oxygen atoms in total. The first-order chi connectivity index (χ1) is 19.0. The van der Waals surface area contributed by atoms with Crippen LogP contribution in [0.25, 0.3) is 0 Å². The van der Waals surface area contributed by atoms with Gasteiger partial charge in [0.15, 0.2) is 8.32 Å². The van der Waals surface area contributed by atoms with Crippen molar-refractivity contribution in [2.24, 2.45) is 5.92 Å². The zero-order valence-electron chi connectivity index (χ0n) is 27.3. The van der Waals surface area contributed by atoms with E-state index in [4.69, 9.17) is 9.16 Å². The Morgan fingerprint density at radius 2 is 1.30 bits per heavy atom. The van der Waals surface area contributed by atoms with Crippen LogP contribution in [0.15, 0.2) is 30.3 Å². The number of carbonyl (C=O) groups is 1. The molecular formula is C35H64O4Si. The summed E-state index contributed by atoms with van der Waals surface area (Å²) in [5, 5.41) is 10.4. The lowest BCUT2D eigenvalue weighted by atomic mass is 9.90. The molecule has 0 aromatic heterocycles. The normalized spacial score (nSPS) is 14.7. The summed E-state index contributed by atoms with van der Waals surface area (Å²) in [4.78, 5) is 12.6. The van der Waals surface area contributed by atoms with E-state index in [0.29, 0.717) is 19.4 Å². The Bertz CT molecular complexity index is 758. The van der Waals surface area contributed by atoms with Gasteiger partial charge < -0.3 is 14.3 Å². The molecule has 1 N–H and O–H groups in total. The SMILES string of the molecule is CCCCCCCCCCC[C@H](C[C@H](O[Si](C)(C)C(C)(C)C)[C@H](CCCCCC)C(=O)O)OCc1ccccc1. The zero-order chi connectivity index (χ0) is 29.9. The van der Waals surface area contributed by atoms with Crippen molar-refractivity contribution in [2.45, 2.75) is 174 Å². The second-order valence-electron chi connectivity index (χ2n) is 13.5. The van der Waals surface area contributed by atoms with Gasteiger partial charge in [-0.2, -0.15) is 0 Å². The molecule has 1 aromatic carbocycles. The summed E-state index contributed by atoms with van der Waals surface area (Å²) in [7, 11) is -2.17.